The Morgan fingerprint density at radius 2 is 2.36 bits per heavy atom. The van der Waals surface area contributed by atoms with Gasteiger partial charge in [-0.2, -0.15) is 0 Å². The van der Waals surface area contributed by atoms with Crippen LogP contribution in [0.1, 0.15) is 19.2 Å². The number of nitrogens with one attached hydrogen (secondary N) is 3. The Hall–Kier alpha value is -1.61. The molecule has 1 saturated heterocycles. The number of aromatic nitrogens is 3. The molecule has 0 unspecified atom stereocenters. The molecule has 1 aromatic rings. The normalized spacial score (nSPS) is 15.6. The molecule has 2 heterocycles. The van der Waals surface area contributed by atoms with Crippen molar-refractivity contribution in [3.05, 3.63) is 5.82 Å². The average Bonchev–Trinajstić information content (AvgIpc) is 2.98. The van der Waals surface area contributed by atoms with Crippen LogP contribution in [0.4, 0.5) is 0 Å². The van der Waals surface area contributed by atoms with Gasteiger partial charge < -0.3 is 10.6 Å². The number of aryl methyl sites for hydroxylation is 1. The third kappa shape index (κ3) is 5.64. The number of piperazine rings is 1. The summed E-state index contributed by atoms with van der Waals surface area (Å²) in [6.45, 7) is 5.47. The van der Waals surface area contributed by atoms with Crippen molar-refractivity contribution in [3.63, 3.8) is 0 Å². The van der Waals surface area contributed by atoms with E-state index in [0.29, 0.717) is 30.5 Å². The number of amides is 2. The van der Waals surface area contributed by atoms with Gasteiger partial charge in [-0.3, -0.25) is 19.6 Å². The van der Waals surface area contributed by atoms with Gasteiger partial charge in [0.05, 0.1) is 12.3 Å². The van der Waals surface area contributed by atoms with Gasteiger partial charge in [0.25, 0.3) is 0 Å². The number of carbonyl (C=O) groups is 2. The van der Waals surface area contributed by atoms with Gasteiger partial charge in [-0.15, -0.1) is 5.10 Å². The smallest absolute Gasteiger partial charge is 0.234 e. The molecule has 22 heavy (non-hydrogen) atoms. The molecule has 1 aliphatic heterocycles. The highest BCUT2D eigenvalue weighted by Gasteiger charge is 2.15. The summed E-state index contributed by atoms with van der Waals surface area (Å²) < 4.78 is 0. The Bertz CT molecular complexity index is 506. The van der Waals surface area contributed by atoms with Crippen molar-refractivity contribution < 1.29 is 9.59 Å². The zero-order valence-corrected chi connectivity index (χ0v) is 13.5. The van der Waals surface area contributed by atoms with Crippen LogP contribution in [-0.2, 0) is 16.0 Å². The molecule has 0 bridgehead atoms. The van der Waals surface area contributed by atoms with Gasteiger partial charge in [-0.1, -0.05) is 18.7 Å². The van der Waals surface area contributed by atoms with Crippen LogP contribution in [0.15, 0.2) is 5.16 Å². The van der Waals surface area contributed by atoms with Crippen LogP contribution in [0.25, 0.3) is 0 Å². The van der Waals surface area contributed by atoms with Gasteiger partial charge in [0.15, 0.2) is 0 Å². The predicted molar refractivity (Wildman–Crippen MR) is 83.6 cm³/mol. The quantitative estimate of drug-likeness (QED) is 0.435. The third-order valence-corrected chi connectivity index (χ3v) is 4.12. The van der Waals surface area contributed by atoms with Gasteiger partial charge in [0.2, 0.25) is 17.0 Å². The molecule has 2 amide bonds. The van der Waals surface area contributed by atoms with Gasteiger partial charge >= 0.3 is 0 Å². The van der Waals surface area contributed by atoms with Crippen LogP contribution < -0.4 is 10.6 Å². The summed E-state index contributed by atoms with van der Waals surface area (Å²) in [7, 11) is 0. The fourth-order valence-corrected chi connectivity index (χ4v) is 2.74. The topological polar surface area (TPSA) is 103 Å². The van der Waals surface area contributed by atoms with E-state index in [0.717, 1.165) is 31.8 Å². The Labute approximate surface area is 133 Å². The molecular formula is C13H22N6O2S. The van der Waals surface area contributed by atoms with E-state index >= 15 is 0 Å². The second kappa shape index (κ2) is 8.74. The summed E-state index contributed by atoms with van der Waals surface area (Å²) in [4.78, 5) is 29.3. The Kier molecular flexibility index (Phi) is 6.66. The summed E-state index contributed by atoms with van der Waals surface area (Å²) in [5.41, 5.74) is 0. The minimum atomic E-state index is -0.0239. The number of rotatable bonds is 8. The molecule has 122 valence electrons. The van der Waals surface area contributed by atoms with Crippen LogP contribution >= 0.6 is 11.8 Å². The molecule has 2 rings (SSSR count). The number of nitrogens with zero attached hydrogens (tertiary/aromatic N) is 3. The van der Waals surface area contributed by atoms with Gasteiger partial charge in [-0.05, 0) is 6.42 Å². The van der Waals surface area contributed by atoms with E-state index in [4.69, 9.17) is 0 Å². The van der Waals surface area contributed by atoms with Crippen molar-refractivity contribution in [1.82, 2.24) is 30.7 Å². The number of hydrogen-bond acceptors (Lipinski definition) is 6. The number of thioether (sulfide) groups is 1. The monoisotopic (exact) mass is 326 g/mol. The maximum atomic E-state index is 11.7. The van der Waals surface area contributed by atoms with E-state index in [1.165, 1.54) is 11.8 Å². The maximum absolute atomic E-state index is 11.7. The fraction of sp³-hybridized carbons (Fsp3) is 0.692. The first-order valence-electron chi connectivity index (χ1n) is 7.47. The number of hydrogen-bond donors (Lipinski definition) is 3. The third-order valence-electron chi connectivity index (χ3n) is 3.27. The first kappa shape index (κ1) is 16.8. The standard InChI is InChI=1S/C13H22N6O2S/c1-2-10-16-13(18-17-10)22-9-12(21)14-4-3-6-19-7-5-15-11(20)8-19/h2-9H2,1H3,(H,14,21)(H,15,20)(H,16,17,18). The SMILES string of the molecule is CCc1nc(SCC(=O)NCCCN2CCNC(=O)C2)n[nH]1. The molecule has 0 spiro atoms. The highest BCUT2D eigenvalue weighted by molar-refractivity contribution is 7.99. The lowest BCUT2D eigenvalue weighted by Gasteiger charge is -2.26. The van der Waals surface area contributed by atoms with Crippen molar-refractivity contribution in [1.29, 1.82) is 0 Å². The number of carbonyl (C=O) groups excluding carboxylic acids is 2. The number of H-pyrrole nitrogens is 1. The molecule has 0 atom stereocenters. The minimum absolute atomic E-state index is 0.0239. The van der Waals surface area contributed by atoms with Gasteiger partial charge in [0.1, 0.15) is 5.82 Å². The van der Waals surface area contributed by atoms with Crippen LogP contribution in [-0.4, -0.2) is 70.4 Å². The largest absolute Gasteiger partial charge is 0.355 e. The first-order chi connectivity index (χ1) is 10.7. The Morgan fingerprint density at radius 3 is 3.09 bits per heavy atom. The lowest BCUT2D eigenvalue weighted by Crippen LogP contribution is -2.48. The molecular weight excluding hydrogens is 304 g/mol. The molecule has 9 heteroatoms. The van der Waals surface area contributed by atoms with E-state index in [1.807, 2.05) is 6.92 Å². The summed E-state index contributed by atoms with van der Waals surface area (Å²) in [6, 6.07) is 0. The predicted octanol–water partition coefficient (Wildman–Crippen LogP) is -0.603. The fourth-order valence-electron chi connectivity index (χ4n) is 2.09. The van der Waals surface area contributed by atoms with E-state index in [2.05, 4.69) is 30.7 Å². The van der Waals surface area contributed by atoms with Crippen molar-refractivity contribution in [2.24, 2.45) is 0 Å². The molecule has 1 aliphatic rings. The van der Waals surface area contributed by atoms with E-state index in [-0.39, 0.29) is 11.8 Å². The van der Waals surface area contributed by atoms with Crippen LogP contribution in [0.2, 0.25) is 0 Å². The van der Waals surface area contributed by atoms with Gasteiger partial charge in [0, 0.05) is 32.6 Å². The second-order valence-electron chi connectivity index (χ2n) is 5.04. The van der Waals surface area contributed by atoms with E-state index < -0.39 is 0 Å². The summed E-state index contributed by atoms with van der Waals surface area (Å²) in [5.74, 6) is 1.19. The molecule has 0 saturated carbocycles. The number of aromatic amines is 1. The second-order valence-corrected chi connectivity index (χ2v) is 5.98. The highest BCUT2D eigenvalue weighted by atomic mass is 32.2. The molecule has 0 aromatic carbocycles. The highest BCUT2D eigenvalue weighted by Crippen LogP contribution is 2.11. The lowest BCUT2D eigenvalue weighted by atomic mass is 10.3. The lowest BCUT2D eigenvalue weighted by molar-refractivity contribution is -0.124. The maximum Gasteiger partial charge on any atom is 0.234 e. The molecule has 0 aliphatic carbocycles. The van der Waals surface area contributed by atoms with E-state index in [1.54, 1.807) is 0 Å². The van der Waals surface area contributed by atoms with Crippen molar-refractivity contribution >= 4 is 23.6 Å². The Balaban J connectivity index is 1.54. The molecule has 0 radical (unpaired) electrons. The minimum Gasteiger partial charge on any atom is -0.355 e. The molecule has 8 nitrogen and oxygen atoms in total. The molecule has 1 fully saturated rings. The Morgan fingerprint density at radius 1 is 1.50 bits per heavy atom. The molecule has 3 N–H and O–H groups in total. The average molecular weight is 326 g/mol. The van der Waals surface area contributed by atoms with Crippen LogP contribution in [0.3, 0.4) is 0 Å². The summed E-state index contributed by atoms with van der Waals surface area (Å²) in [6.07, 6.45) is 1.64. The van der Waals surface area contributed by atoms with Crippen molar-refractivity contribution in [3.8, 4) is 0 Å². The first-order valence-corrected chi connectivity index (χ1v) is 8.45. The zero-order chi connectivity index (χ0) is 15.8. The summed E-state index contributed by atoms with van der Waals surface area (Å²) in [5, 5.41) is 13.1. The zero-order valence-electron chi connectivity index (χ0n) is 12.7. The van der Waals surface area contributed by atoms with Crippen LogP contribution in [0, 0.1) is 0 Å². The van der Waals surface area contributed by atoms with Crippen LogP contribution in [0.5, 0.6) is 0 Å². The van der Waals surface area contributed by atoms with Gasteiger partial charge in [-0.25, -0.2) is 4.98 Å². The summed E-state index contributed by atoms with van der Waals surface area (Å²) >= 11 is 1.32. The van der Waals surface area contributed by atoms with Crippen molar-refractivity contribution in [2.75, 3.05) is 38.5 Å². The van der Waals surface area contributed by atoms with E-state index in [9.17, 15) is 9.59 Å². The van der Waals surface area contributed by atoms with Crippen molar-refractivity contribution in [2.45, 2.75) is 24.9 Å². The molecule has 1 aromatic heterocycles.